The molecule has 1 aliphatic heterocycles. The van der Waals surface area contributed by atoms with Crippen molar-refractivity contribution in [3.05, 3.63) is 83.8 Å². The lowest BCUT2D eigenvalue weighted by atomic mass is 9.82. The smallest absolute Gasteiger partial charge is 0.367 e. The molecule has 4 nitrogen and oxygen atoms in total. The molecule has 0 amide bonds. The Hall–Kier alpha value is -3.05. The zero-order chi connectivity index (χ0) is 23.2. The monoisotopic (exact) mass is 457 g/mol. The van der Waals surface area contributed by atoms with Crippen LogP contribution in [0.2, 0.25) is 0 Å². The van der Waals surface area contributed by atoms with Crippen LogP contribution in [-0.2, 0) is 16.7 Å². The fourth-order valence-corrected chi connectivity index (χ4v) is 5.80. The topological polar surface area (TPSA) is 35.1 Å². The van der Waals surface area contributed by atoms with E-state index in [1.807, 2.05) is 6.92 Å². The van der Waals surface area contributed by atoms with E-state index in [0.717, 1.165) is 6.54 Å². The van der Waals surface area contributed by atoms with Crippen molar-refractivity contribution in [1.29, 1.82) is 0 Å². The van der Waals surface area contributed by atoms with E-state index in [4.69, 9.17) is 4.74 Å². The van der Waals surface area contributed by atoms with E-state index in [9.17, 15) is 4.79 Å². The van der Waals surface area contributed by atoms with Gasteiger partial charge in [-0.2, -0.15) is 4.57 Å². The van der Waals surface area contributed by atoms with Crippen LogP contribution in [0.4, 0.5) is 4.79 Å². The van der Waals surface area contributed by atoms with Crippen LogP contribution in [0, 0.1) is 6.92 Å². The third kappa shape index (κ3) is 3.55. The van der Waals surface area contributed by atoms with Crippen LogP contribution in [0.3, 0.4) is 0 Å². The molecular formula is C28H29N2O2S+. The number of fused-ring (bicyclic) bond motifs is 4. The van der Waals surface area contributed by atoms with Crippen LogP contribution in [0.25, 0.3) is 27.7 Å². The third-order valence-electron chi connectivity index (χ3n) is 6.75. The minimum Gasteiger partial charge on any atom is -0.458 e. The number of rotatable bonds is 5. The molecule has 0 fully saturated rings. The highest BCUT2D eigenvalue weighted by molar-refractivity contribution is 8.13. The van der Waals surface area contributed by atoms with E-state index in [1.165, 1.54) is 56.4 Å². The molecule has 2 aromatic carbocycles. The van der Waals surface area contributed by atoms with Gasteiger partial charge in [-0.25, -0.2) is 4.79 Å². The first kappa shape index (κ1) is 21.8. The second kappa shape index (κ2) is 8.38. The van der Waals surface area contributed by atoms with Crippen LogP contribution in [0.5, 0.6) is 0 Å². The zero-order valence-electron chi connectivity index (χ0n) is 19.6. The standard InChI is InChI=1S/C28H29N2O2S/c1-5-32-27(31)33-17-16-29-19(2)26(21-10-6-8-12-23(21)29)20-14-15-30-24-13-9-7-11-22(24)28(3,4)25(30)18-20/h6-15,18H,5,16-17H2,1-4H3/q+1. The maximum absolute atomic E-state index is 11.8. The van der Waals surface area contributed by atoms with Crippen molar-refractivity contribution in [3.8, 4) is 16.8 Å². The van der Waals surface area contributed by atoms with Gasteiger partial charge in [-0.1, -0.05) is 36.4 Å². The van der Waals surface area contributed by atoms with E-state index >= 15 is 0 Å². The number of pyridine rings is 1. The van der Waals surface area contributed by atoms with Crippen molar-refractivity contribution in [2.75, 3.05) is 12.4 Å². The molecule has 5 heteroatoms. The molecule has 0 aliphatic carbocycles. The normalized spacial score (nSPS) is 13.7. The lowest BCUT2D eigenvalue weighted by Gasteiger charge is -2.15. The molecule has 0 atom stereocenters. The second-order valence-electron chi connectivity index (χ2n) is 8.97. The Bertz CT molecular complexity index is 1370. The van der Waals surface area contributed by atoms with Crippen molar-refractivity contribution in [2.45, 2.75) is 39.7 Å². The summed E-state index contributed by atoms with van der Waals surface area (Å²) in [5.74, 6) is 0.681. The largest absolute Gasteiger partial charge is 0.458 e. The van der Waals surface area contributed by atoms with Crippen LogP contribution in [0.1, 0.15) is 37.7 Å². The van der Waals surface area contributed by atoms with E-state index in [1.54, 1.807) is 0 Å². The molecule has 0 spiro atoms. The highest BCUT2D eigenvalue weighted by atomic mass is 32.2. The van der Waals surface area contributed by atoms with Crippen molar-refractivity contribution in [2.24, 2.45) is 0 Å². The van der Waals surface area contributed by atoms with E-state index in [2.05, 4.69) is 96.8 Å². The Labute approximate surface area is 199 Å². The molecular weight excluding hydrogens is 428 g/mol. The lowest BCUT2D eigenvalue weighted by Crippen LogP contribution is -2.34. The van der Waals surface area contributed by atoms with Gasteiger partial charge in [-0.05, 0) is 51.1 Å². The van der Waals surface area contributed by atoms with Gasteiger partial charge in [0.1, 0.15) is 0 Å². The minimum atomic E-state index is -0.204. The molecule has 33 heavy (non-hydrogen) atoms. The summed E-state index contributed by atoms with van der Waals surface area (Å²) >= 11 is 1.24. The van der Waals surface area contributed by atoms with Gasteiger partial charge >= 0.3 is 5.30 Å². The van der Waals surface area contributed by atoms with Crippen molar-refractivity contribution >= 4 is 28.0 Å². The predicted octanol–water partition coefficient (Wildman–Crippen LogP) is 6.42. The molecule has 4 aromatic rings. The summed E-state index contributed by atoms with van der Waals surface area (Å²) in [6.45, 7) is 9.80. The zero-order valence-corrected chi connectivity index (χ0v) is 20.4. The molecule has 0 bridgehead atoms. The molecule has 0 saturated carbocycles. The van der Waals surface area contributed by atoms with Gasteiger partial charge in [0, 0.05) is 58.2 Å². The average Bonchev–Trinajstić information content (AvgIpc) is 3.22. The summed E-state index contributed by atoms with van der Waals surface area (Å²) in [6, 6.07) is 21.8. The summed E-state index contributed by atoms with van der Waals surface area (Å²) < 4.78 is 9.73. The molecule has 0 saturated heterocycles. The Morgan fingerprint density at radius 1 is 1.09 bits per heavy atom. The van der Waals surface area contributed by atoms with E-state index in [0.29, 0.717) is 12.4 Å². The molecule has 1 aliphatic rings. The number of para-hydroxylation sites is 2. The molecule has 0 unspecified atom stereocenters. The van der Waals surface area contributed by atoms with E-state index < -0.39 is 0 Å². The predicted molar refractivity (Wildman–Crippen MR) is 135 cm³/mol. The van der Waals surface area contributed by atoms with Crippen molar-refractivity contribution in [1.82, 2.24) is 4.57 Å². The first-order valence-electron chi connectivity index (χ1n) is 11.5. The van der Waals surface area contributed by atoms with Crippen LogP contribution >= 0.6 is 11.8 Å². The fraction of sp³-hybridized carbons (Fsp3) is 0.286. The van der Waals surface area contributed by atoms with Crippen molar-refractivity contribution in [3.63, 3.8) is 0 Å². The summed E-state index contributed by atoms with van der Waals surface area (Å²) in [7, 11) is 0. The number of ether oxygens (including phenoxy) is 1. The summed E-state index contributed by atoms with van der Waals surface area (Å²) in [6.07, 6.45) is 2.21. The van der Waals surface area contributed by atoms with Gasteiger partial charge in [0.25, 0.3) is 0 Å². The van der Waals surface area contributed by atoms with Gasteiger partial charge in [-0.15, -0.1) is 0 Å². The Balaban J connectivity index is 1.57. The number of hydrogen-bond acceptors (Lipinski definition) is 3. The third-order valence-corrected chi connectivity index (χ3v) is 7.49. The Kier molecular flexibility index (Phi) is 5.53. The highest BCUT2D eigenvalue weighted by Crippen LogP contribution is 2.41. The van der Waals surface area contributed by atoms with Gasteiger partial charge < -0.3 is 9.30 Å². The SMILES string of the molecule is CCOC(=O)SCCn1c(C)c(-c2cc[n+]3c(c2)C(C)(C)c2ccccc2-3)c2ccccc21. The second-order valence-corrected chi connectivity index (χ2v) is 10.0. The highest BCUT2D eigenvalue weighted by Gasteiger charge is 2.43. The number of nitrogens with zero attached hydrogens (tertiary/aromatic N) is 2. The number of benzene rings is 2. The quantitative estimate of drug-likeness (QED) is 0.256. The fourth-order valence-electron chi connectivity index (χ4n) is 5.16. The first-order chi connectivity index (χ1) is 15.9. The van der Waals surface area contributed by atoms with Crippen molar-refractivity contribution < 1.29 is 14.1 Å². The van der Waals surface area contributed by atoms with Crippen LogP contribution in [0.15, 0.2) is 66.9 Å². The molecule has 2 aromatic heterocycles. The number of aromatic nitrogens is 2. The molecule has 0 N–H and O–H groups in total. The van der Waals surface area contributed by atoms with E-state index in [-0.39, 0.29) is 10.7 Å². The minimum absolute atomic E-state index is 0.0604. The van der Waals surface area contributed by atoms with Gasteiger partial charge in [0.2, 0.25) is 5.69 Å². The Morgan fingerprint density at radius 2 is 1.85 bits per heavy atom. The summed E-state index contributed by atoms with van der Waals surface area (Å²) in [5.41, 5.74) is 8.78. The number of thioether (sulfide) groups is 1. The maximum Gasteiger partial charge on any atom is 0.367 e. The summed E-state index contributed by atoms with van der Waals surface area (Å²) in [5, 5.41) is 1.04. The lowest BCUT2D eigenvalue weighted by molar-refractivity contribution is -0.599. The maximum atomic E-state index is 11.8. The molecule has 5 rings (SSSR count). The van der Waals surface area contributed by atoms with Crippen LogP contribution < -0.4 is 4.57 Å². The number of carbonyl (C=O) groups excluding carboxylic acids is 1. The number of hydrogen-bond donors (Lipinski definition) is 0. The average molecular weight is 458 g/mol. The molecule has 0 radical (unpaired) electrons. The first-order valence-corrected chi connectivity index (χ1v) is 12.5. The number of carbonyl (C=O) groups is 1. The summed E-state index contributed by atoms with van der Waals surface area (Å²) in [4.78, 5) is 11.8. The van der Waals surface area contributed by atoms with Crippen LogP contribution in [-0.4, -0.2) is 22.2 Å². The van der Waals surface area contributed by atoms with Gasteiger partial charge in [0.05, 0.1) is 12.0 Å². The van der Waals surface area contributed by atoms with Gasteiger partial charge in [-0.3, -0.25) is 0 Å². The number of aryl methyl sites for hydroxylation is 1. The molecule has 3 heterocycles. The Morgan fingerprint density at radius 3 is 2.67 bits per heavy atom. The van der Waals surface area contributed by atoms with Gasteiger partial charge in [0.15, 0.2) is 11.9 Å². The molecule has 168 valence electrons.